The van der Waals surface area contributed by atoms with E-state index in [-0.39, 0.29) is 17.9 Å². The molecule has 1 aliphatic rings. The topological polar surface area (TPSA) is 101 Å². The molecular weight excluding hydrogens is 283 g/mol. The third kappa shape index (κ3) is 3.33. The number of nitrogens with zero attached hydrogens (tertiary/aromatic N) is 2. The highest BCUT2D eigenvalue weighted by atomic mass is 19.1. The van der Waals surface area contributed by atoms with Gasteiger partial charge in [-0.2, -0.15) is 4.39 Å². The monoisotopic (exact) mass is 296 g/mol. The summed E-state index contributed by atoms with van der Waals surface area (Å²) < 4.78 is 13.5. The van der Waals surface area contributed by atoms with Gasteiger partial charge < -0.3 is 10.0 Å². The third-order valence-electron chi connectivity index (χ3n) is 3.43. The molecule has 0 aromatic heterocycles. The second-order valence-corrected chi connectivity index (χ2v) is 4.93. The summed E-state index contributed by atoms with van der Waals surface area (Å²) in [7, 11) is 0. The van der Waals surface area contributed by atoms with Crippen molar-refractivity contribution in [2.45, 2.75) is 12.8 Å². The molecule has 0 spiro atoms. The van der Waals surface area contributed by atoms with E-state index >= 15 is 0 Å². The molecule has 1 fully saturated rings. The van der Waals surface area contributed by atoms with Crippen molar-refractivity contribution in [1.82, 2.24) is 4.90 Å². The Morgan fingerprint density at radius 1 is 1.48 bits per heavy atom. The molecule has 1 amide bonds. The fraction of sp³-hybridized carbons (Fsp3) is 0.385. The van der Waals surface area contributed by atoms with Crippen LogP contribution in [0.25, 0.3) is 0 Å². The number of rotatable bonds is 4. The number of carbonyl (C=O) groups excluding carboxylic acids is 1. The molecule has 112 valence electrons. The van der Waals surface area contributed by atoms with Crippen molar-refractivity contribution < 1.29 is 24.0 Å². The highest BCUT2D eigenvalue weighted by Crippen LogP contribution is 2.23. The van der Waals surface area contributed by atoms with E-state index in [1.54, 1.807) is 0 Å². The highest BCUT2D eigenvalue weighted by molar-refractivity contribution is 5.94. The van der Waals surface area contributed by atoms with E-state index in [2.05, 4.69) is 0 Å². The second kappa shape index (κ2) is 5.86. The number of aliphatic carboxylic acids is 1. The number of nitro groups is 1. The van der Waals surface area contributed by atoms with Crippen molar-refractivity contribution in [2.75, 3.05) is 13.1 Å². The number of hydrogen-bond donors (Lipinski definition) is 1. The number of carboxylic acid groups (broad SMARTS) is 1. The zero-order chi connectivity index (χ0) is 15.6. The van der Waals surface area contributed by atoms with Crippen molar-refractivity contribution in [1.29, 1.82) is 0 Å². The molecule has 1 unspecified atom stereocenters. The number of halogens is 1. The summed E-state index contributed by atoms with van der Waals surface area (Å²) in [5.41, 5.74) is -0.661. The van der Waals surface area contributed by atoms with Gasteiger partial charge in [-0.15, -0.1) is 0 Å². The summed E-state index contributed by atoms with van der Waals surface area (Å²) in [6.45, 7) is 0.694. The summed E-state index contributed by atoms with van der Waals surface area (Å²) in [6.07, 6.45) is 0.561. The minimum absolute atomic E-state index is 0.0155. The van der Waals surface area contributed by atoms with Gasteiger partial charge in [0.25, 0.3) is 5.91 Å². The molecule has 1 aliphatic heterocycles. The standard InChI is InChI=1S/C13H13FN2O5/c14-10-6-9(1-2-11(10)16(20)21)13(19)15-4-3-8(7-15)5-12(17)18/h1-2,6,8H,3-5,7H2,(H,17,18). The summed E-state index contributed by atoms with van der Waals surface area (Å²) >= 11 is 0. The normalized spacial score (nSPS) is 17.8. The lowest BCUT2D eigenvalue weighted by molar-refractivity contribution is -0.387. The first-order valence-corrected chi connectivity index (χ1v) is 6.33. The molecule has 1 atom stereocenters. The van der Waals surface area contributed by atoms with Gasteiger partial charge in [-0.25, -0.2) is 0 Å². The van der Waals surface area contributed by atoms with Gasteiger partial charge in [0.1, 0.15) is 0 Å². The van der Waals surface area contributed by atoms with Crippen LogP contribution >= 0.6 is 0 Å². The van der Waals surface area contributed by atoms with Gasteiger partial charge in [-0.1, -0.05) is 0 Å². The lowest BCUT2D eigenvalue weighted by Crippen LogP contribution is -2.29. The molecule has 0 bridgehead atoms. The van der Waals surface area contributed by atoms with Gasteiger partial charge in [-0.3, -0.25) is 19.7 Å². The molecule has 7 nitrogen and oxygen atoms in total. The van der Waals surface area contributed by atoms with Crippen LogP contribution in [0.3, 0.4) is 0 Å². The van der Waals surface area contributed by atoms with Crippen molar-refractivity contribution in [3.63, 3.8) is 0 Å². The number of carbonyl (C=O) groups is 2. The van der Waals surface area contributed by atoms with Crippen LogP contribution in [-0.4, -0.2) is 39.9 Å². The van der Waals surface area contributed by atoms with Crippen LogP contribution in [-0.2, 0) is 4.79 Å². The predicted octanol–water partition coefficient (Wildman–Crippen LogP) is 1.67. The largest absolute Gasteiger partial charge is 0.481 e. The lowest BCUT2D eigenvalue weighted by Gasteiger charge is -2.16. The molecule has 0 aliphatic carbocycles. The van der Waals surface area contributed by atoms with E-state index in [0.29, 0.717) is 19.5 Å². The Labute approximate surface area is 119 Å². The molecule has 1 aromatic rings. The van der Waals surface area contributed by atoms with E-state index in [9.17, 15) is 24.1 Å². The number of carboxylic acids is 1. The van der Waals surface area contributed by atoms with Crippen LogP contribution < -0.4 is 0 Å². The first-order valence-electron chi connectivity index (χ1n) is 6.33. The Kier molecular flexibility index (Phi) is 4.15. The number of amides is 1. The van der Waals surface area contributed by atoms with Gasteiger partial charge in [0.2, 0.25) is 5.82 Å². The van der Waals surface area contributed by atoms with E-state index in [0.717, 1.165) is 12.1 Å². The van der Waals surface area contributed by atoms with Crippen molar-refractivity contribution in [3.8, 4) is 0 Å². The molecule has 0 radical (unpaired) electrons. The summed E-state index contributed by atoms with van der Waals surface area (Å²) in [5, 5.41) is 19.2. The van der Waals surface area contributed by atoms with E-state index in [1.807, 2.05) is 0 Å². The Morgan fingerprint density at radius 2 is 2.19 bits per heavy atom. The molecule has 8 heteroatoms. The maximum atomic E-state index is 13.5. The quantitative estimate of drug-likeness (QED) is 0.672. The maximum absolute atomic E-state index is 13.5. The minimum Gasteiger partial charge on any atom is -0.481 e. The number of hydrogen-bond acceptors (Lipinski definition) is 4. The molecule has 21 heavy (non-hydrogen) atoms. The number of nitro benzene ring substituents is 1. The zero-order valence-corrected chi connectivity index (χ0v) is 11.0. The summed E-state index contributed by atoms with van der Waals surface area (Å²) in [5.74, 6) is -2.55. The van der Waals surface area contributed by atoms with Crippen molar-refractivity contribution in [3.05, 3.63) is 39.7 Å². The molecule has 0 saturated carbocycles. The Balaban J connectivity index is 2.09. The van der Waals surface area contributed by atoms with Crippen LogP contribution in [0.5, 0.6) is 0 Å². The Hall–Kier alpha value is -2.51. The van der Waals surface area contributed by atoms with Crippen LogP contribution in [0.15, 0.2) is 18.2 Å². The summed E-state index contributed by atoms with van der Waals surface area (Å²) in [6, 6.07) is 2.99. The molecule has 1 heterocycles. The fourth-order valence-corrected chi connectivity index (χ4v) is 2.40. The van der Waals surface area contributed by atoms with E-state index < -0.39 is 28.3 Å². The third-order valence-corrected chi connectivity index (χ3v) is 3.43. The first kappa shape index (κ1) is 14.9. The molecular formula is C13H13FN2O5. The molecule has 2 rings (SSSR count). The molecule has 1 aromatic carbocycles. The zero-order valence-electron chi connectivity index (χ0n) is 11.0. The van der Waals surface area contributed by atoms with Crippen LogP contribution in [0.2, 0.25) is 0 Å². The smallest absolute Gasteiger partial charge is 0.304 e. The average Bonchev–Trinajstić information content (AvgIpc) is 2.84. The van der Waals surface area contributed by atoms with E-state index in [1.165, 1.54) is 11.0 Å². The highest BCUT2D eigenvalue weighted by Gasteiger charge is 2.29. The van der Waals surface area contributed by atoms with Gasteiger partial charge in [0, 0.05) is 31.1 Å². The molecule has 1 saturated heterocycles. The van der Waals surface area contributed by atoms with Crippen LogP contribution in [0.1, 0.15) is 23.2 Å². The fourth-order valence-electron chi connectivity index (χ4n) is 2.40. The Morgan fingerprint density at radius 3 is 2.76 bits per heavy atom. The number of likely N-dealkylation sites (tertiary alicyclic amines) is 1. The SMILES string of the molecule is O=C(O)CC1CCN(C(=O)c2ccc([N+](=O)[O-])c(F)c2)C1. The van der Waals surface area contributed by atoms with Gasteiger partial charge >= 0.3 is 11.7 Å². The van der Waals surface area contributed by atoms with Crippen molar-refractivity contribution >= 4 is 17.6 Å². The van der Waals surface area contributed by atoms with Gasteiger partial charge in [-0.05, 0) is 24.5 Å². The predicted molar refractivity (Wildman–Crippen MR) is 69.3 cm³/mol. The number of benzene rings is 1. The minimum atomic E-state index is -1.06. The van der Waals surface area contributed by atoms with Crippen molar-refractivity contribution in [2.24, 2.45) is 5.92 Å². The van der Waals surface area contributed by atoms with E-state index in [4.69, 9.17) is 5.11 Å². The van der Waals surface area contributed by atoms with Crippen LogP contribution in [0, 0.1) is 21.8 Å². The maximum Gasteiger partial charge on any atom is 0.304 e. The lowest BCUT2D eigenvalue weighted by atomic mass is 10.1. The molecule has 1 N–H and O–H groups in total. The van der Waals surface area contributed by atoms with Crippen LogP contribution in [0.4, 0.5) is 10.1 Å². The van der Waals surface area contributed by atoms with Gasteiger partial charge in [0.15, 0.2) is 0 Å². The first-order chi connectivity index (χ1) is 9.88. The Bertz CT molecular complexity index is 604. The average molecular weight is 296 g/mol. The van der Waals surface area contributed by atoms with Gasteiger partial charge in [0.05, 0.1) is 4.92 Å². The second-order valence-electron chi connectivity index (χ2n) is 4.93. The summed E-state index contributed by atoms with van der Waals surface area (Å²) in [4.78, 5) is 33.9.